The van der Waals surface area contributed by atoms with Gasteiger partial charge in [0.2, 0.25) is 0 Å². The van der Waals surface area contributed by atoms with Crippen LogP contribution in [0.3, 0.4) is 0 Å². The maximum Gasteiger partial charge on any atom is 0.404 e. The van der Waals surface area contributed by atoms with Crippen molar-refractivity contribution in [2.45, 2.75) is 26.9 Å². The molecule has 0 aliphatic carbocycles. The van der Waals surface area contributed by atoms with Gasteiger partial charge in [0.15, 0.2) is 0 Å². The van der Waals surface area contributed by atoms with Crippen molar-refractivity contribution in [1.82, 2.24) is 0 Å². The molecule has 0 rings (SSSR count). The fourth-order valence-corrected chi connectivity index (χ4v) is 0.628. The maximum absolute atomic E-state index is 10.3. The molecule has 0 fully saturated rings. The summed E-state index contributed by atoms with van der Waals surface area (Å²) in [6.45, 7) is 5.37. The Hall–Kier alpha value is -0.770. The molecule has 0 saturated heterocycles. The lowest BCUT2D eigenvalue weighted by Crippen LogP contribution is -2.36. The van der Waals surface area contributed by atoms with Crippen LogP contribution < -0.4 is 5.73 Å². The summed E-state index contributed by atoms with van der Waals surface area (Å²) >= 11 is 0. The SMILES string of the molecule is CC(C)(C)C(CO)OC(N)=O. The van der Waals surface area contributed by atoms with Gasteiger partial charge in [0.1, 0.15) is 6.10 Å². The number of ether oxygens (including phenoxy) is 1. The lowest BCUT2D eigenvalue weighted by Gasteiger charge is -2.27. The van der Waals surface area contributed by atoms with Gasteiger partial charge < -0.3 is 15.6 Å². The van der Waals surface area contributed by atoms with Crippen LogP contribution in [-0.4, -0.2) is 23.9 Å². The highest BCUT2D eigenvalue weighted by molar-refractivity contribution is 5.64. The average molecular weight is 161 g/mol. The Labute approximate surface area is 66.3 Å². The third-order valence-corrected chi connectivity index (χ3v) is 1.39. The number of hydrogen-bond donors (Lipinski definition) is 2. The van der Waals surface area contributed by atoms with Crippen molar-refractivity contribution >= 4 is 6.09 Å². The summed E-state index contributed by atoms with van der Waals surface area (Å²) < 4.78 is 4.65. The number of aliphatic hydroxyl groups is 1. The highest BCUT2D eigenvalue weighted by Gasteiger charge is 2.26. The normalized spacial score (nSPS) is 14.2. The van der Waals surface area contributed by atoms with Crippen LogP contribution >= 0.6 is 0 Å². The molecule has 1 atom stereocenters. The fraction of sp³-hybridized carbons (Fsp3) is 0.857. The third-order valence-electron chi connectivity index (χ3n) is 1.39. The molecule has 0 aliphatic rings. The zero-order valence-electron chi connectivity index (χ0n) is 7.13. The number of hydrogen-bond acceptors (Lipinski definition) is 3. The number of carbonyl (C=O) groups is 1. The topological polar surface area (TPSA) is 72.6 Å². The summed E-state index contributed by atoms with van der Waals surface area (Å²) in [7, 11) is 0. The van der Waals surface area contributed by atoms with Crippen molar-refractivity contribution in [2.75, 3.05) is 6.61 Å². The molecule has 0 aromatic rings. The molecular weight excluding hydrogens is 146 g/mol. The van der Waals surface area contributed by atoms with Crippen LogP contribution in [0, 0.1) is 5.41 Å². The second-order valence-electron chi connectivity index (χ2n) is 3.47. The Balaban J connectivity index is 4.07. The maximum atomic E-state index is 10.3. The van der Waals surface area contributed by atoms with Crippen LogP contribution in [0.4, 0.5) is 4.79 Å². The molecule has 0 aliphatic heterocycles. The highest BCUT2D eigenvalue weighted by atomic mass is 16.6. The fourth-order valence-electron chi connectivity index (χ4n) is 0.628. The first-order chi connectivity index (χ1) is 4.88. The lowest BCUT2D eigenvalue weighted by atomic mass is 9.89. The van der Waals surface area contributed by atoms with Gasteiger partial charge in [-0.1, -0.05) is 20.8 Å². The second-order valence-corrected chi connectivity index (χ2v) is 3.47. The first-order valence-corrected chi connectivity index (χ1v) is 3.45. The van der Waals surface area contributed by atoms with E-state index in [1.165, 1.54) is 0 Å². The van der Waals surface area contributed by atoms with E-state index in [0.717, 1.165) is 0 Å². The van der Waals surface area contributed by atoms with E-state index in [-0.39, 0.29) is 12.0 Å². The van der Waals surface area contributed by atoms with Crippen LogP contribution in [0.25, 0.3) is 0 Å². The number of aliphatic hydroxyl groups excluding tert-OH is 1. The quantitative estimate of drug-likeness (QED) is 0.619. The van der Waals surface area contributed by atoms with E-state index < -0.39 is 12.2 Å². The van der Waals surface area contributed by atoms with Crippen LogP contribution in [-0.2, 0) is 4.74 Å². The molecule has 0 aromatic carbocycles. The van der Waals surface area contributed by atoms with Crippen molar-refractivity contribution in [1.29, 1.82) is 0 Å². The van der Waals surface area contributed by atoms with E-state index >= 15 is 0 Å². The molecule has 11 heavy (non-hydrogen) atoms. The zero-order chi connectivity index (χ0) is 9.07. The number of carbonyl (C=O) groups excluding carboxylic acids is 1. The summed E-state index contributed by atoms with van der Waals surface area (Å²) in [5.74, 6) is 0. The van der Waals surface area contributed by atoms with Crippen LogP contribution in [0.2, 0.25) is 0 Å². The molecule has 0 spiro atoms. The van der Waals surface area contributed by atoms with Crippen molar-refractivity contribution in [3.63, 3.8) is 0 Å². The number of primary amides is 1. The molecule has 0 heterocycles. The first kappa shape index (κ1) is 10.2. The minimum absolute atomic E-state index is 0.202. The minimum atomic E-state index is -0.848. The Bertz CT molecular complexity index is 139. The predicted molar refractivity (Wildman–Crippen MR) is 41.0 cm³/mol. The van der Waals surface area contributed by atoms with E-state index in [1.807, 2.05) is 20.8 Å². The lowest BCUT2D eigenvalue weighted by molar-refractivity contribution is -0.00114. The summed E-state index contributed by atoms with van der Waals surface area (Å²) in [4.78, 5) is 10.3. The molecule has 4 heteroatoms. The molecular formula is C7H15NO3. The van der Waals surface area contributed by atoms with E-state index in [4.69, 9.17) is 10.8 Å². The van der Waals surface area contributed by atoms with Gasteiger partial charge in [-0.25, -0.2) is 4.79 Å². The number of nitrogens with two attached hydrogens (primary N) is 1. The van der Waals surface area contributed by atoms with E-state index in [9.17, 15) is 4.79 Å². The van der Waals surface area contributed by atoms with Gasteiger partial charge in [-0.2, -0.15) is 0 Å². The van der Waals surface area contributed by atoms with Gasteiger partial charge in [-0.3, -0.25) is 0 Å². The summed E-state index contributed by atoms with van der Waals surface area (Å²) in [5.41, 5.74) is 4.52. The van der Waals surface area contributed by atoms with E-state index in [2.05, 4.69) is 4.74 Å². The Morgan fingerprint density at radius 3 is 2.18 bits per heavy atom. The van der Waals surface area contributed by atoms with E-state index in [1.54, 1.807) is 0 Å². The number of amides is 1. The Morgan fingerprint density at radius 2 is 2.09 bits per heavy atom. The van der Waals surface area contributed by atoms with Crippen molar-refractivity contribution in [3.05, 3.63) is 0 Å². The summed E-state index contributed by atoms with van der Waals surface area (Å²) in [6, 6.07) is 0. The Kier molecular flexibility index (Phi) is 3.32. The third kappa shape index (κ3) is 3.83. The van der Waals surface area contributed by atoms with Crippen molar-refractivity contribution in [3.8, 4) is 0 Å². The smallest absolute Gasteiger partial charge is 0.404 e. The standard InChI is InChI=1S/C7H15NO3/c1-7(2,3)5(4-9)11-6(8)10/h5,9H,4H2,1-3H3,(H2,8,10). The molecule has 3 N–H and O–H groups in total. The zero-order valence-corrected chi connectivity index (χ0v) is 7.13. The van der Waals surface area contributed by atoms with Gasteiger partial charge in [0.05, 0.1) is 6.61 Å². The average Bonchev–Trinajstić information content (AvgIpc) is 1.79. The number of rotatable bonds is 2. The van der Waals surface area contributed by atoms with Crippen LogP contribution in [0.1, 0.15) is 20.8 Å². The Morgan fingerprint density at radius 1 is 1.64 bits per heavy atom. The van der Waals surface area contributed by atoms with Gasteiger partial charge in [-0.15, -0.1) is 0 Å². The minimum Gasteiger partial charge on any atom is -0.443 e. The highest BCUT2D eigenvalue weighted by Crippen LogP contribution is 2.21. The molecule has 66 valence electrons. The second kappa shape index (κ2) is 3.57. The molecule has 0 saturated carbocycles. The van der Waals surface area contributed by atoms with Gasteiger partial charge >= 0.3 is 6.09 Å². The molecule has 0 radical (unpaired) electrons. The molecule has 0 aromatic heterocycles. The molecule has 1 unspecified atom stereocenters. The van der Waals surface area contributed by atoms with Crippen LogP contribution in [0.15, 0.2) is 0 Å². The molecule has 0 bridgehead atoms. The molecule has 1 amide bonds. The predicted octanol–water partition coefficient (Wildman–Crippen LogP) is 0.489. The van der Waals surface area contributed by atoms with E-state index in [0.29, 0.717) is 0 Å². The van der Waals surface area contributed by atoms with Gasteiger partial charge in [0, 0.05) is 5.41 Å². The van der Waals surface area contributed by atoms with Gasteiger partial charge in [0.25, 0.3) is 0 Å². The summed E-state index contributed by atoms with van der Waals surface area (Å²) in [6.07, 6.45) is -1.38. The molecule has 4 nitrogen and oxygen atoms in total. The monoisotopic (exact) mass is 161 g/mol. The van der Waals surface area contributed by atoms with Crippen molar-refractivity contribution < 1.29 is 14.6 Å². The van der Waals surface area contributed by atoms with Crippen LogP contribution in [0.5, 0.6) is 0 Å². The largest absolute Gasteiger partial charge is 0.443 e. The summed E-state index contributed by atoms with van der Waals surface area (Å²) in [5, 5.41) is 8.78. The van der Waals surface area contributed by atoms with Gasteiger partial charge in [-0.05, 0) is 0 Å². The van der Waals surface area contributed by atoms with Crippen molar-refractivity contribution in [2.24, 2.45) is 11.1 Å². The first-order valence-electron chi connectivity index (χ1n) is 3.45.